The molecule has 0 spiro atoms. The van der Waals surface area contributed by atoms with Crippen LogP contribution >= 0.6 is 23.8 Å². The molecule has 0 fully saturated rings. The molecule has 3 rings (SSSR count). The van der Waals surface area contributed by atoms with Gasteiger partial charge in [-0.2, -0.15) is 0 Å². The minimum Gasteiger partial charge on any atom is -0.332 e. The number of fused-ring (bicyclic) bond motifs is 1. The van der Waals surface area contributed by atoms with E-state index >= 15 is 0 Å². The van der Waals surface area contributed by atoms with E-state index in [0.29, 0.717) is 15.2 Å². The van der Waals surface area contributed by atoms with Crippen molar-refractivity contribution in [3.05, 3.63) is 74.2 Å². The van der Waals surface area contributed by atoms with Gasteiger partial charge in [0.2, 0.25) is 0 Å². The average molecular weight is 317 g/mol. The van der Waals surface area contributed by atoms with Gasteiger partial charge in [0.1, 0.15) is 0 Å². The Bertz CT molecular complexity index is 929. The van der Waals surface area contributed by atoms with Gasteiger partial charge in [0.05, 0.1) is 16.9 Å². The lowest BCUT2D eigenvalue weighted by atomic mass is 10.1. The molecule has 1 atom stereocenters. The molecule has 0 saturated carbocycles. The summed E-state index contributed by atoms with van der Waals surface area (Å²) in [5, 5.41) is 1.27. The summed E-state index contributed by atoms with van der Waals surface area (Å²) in [7, 11) is 0. The Morgan fingerprint density at radius 2 is 1.95 bits per heavy atom. The number of nitrogens with zero attached hydrogens (tertiary/aromatic N) is 1. The second kappa shape index (κ2) is 5.47. The fourth-order valence-electron chi connectivity index (χ4n) is 2.44. The van der Waals surface area contributed by atoms with Crippen molar-refractivity contribution < 1.29 is 0 Å². The molecule has 1 N–H and O–H groups in total. The van der Waals surface area contributed by atoms with Crippen molar-refractivity contribution in [3.63, 3.8) is 0 Å². The van der Waals surface area contributed by atoms with E-state index in [0.717, 1.165) is 11.1 Å². The molecule has 21 heavy (non-hydrogen) atoms. The van der Waals surface area contributed by atoms with E-state index in [4.69, 9.17) is 23.8 Å². The Hall–Kier alpha value is -1.91. The summed E-state index contributed by atoms with van der Waals surface area (Å²) in [5.74, 6) is 0. The Balaban J connectivity index is 2.25. The molecule has 106 valence electrons. The monoisotopic (exact) mass is 316 g/mol. The maximum absolute atomic E-state index is 12.7. The van der Waals surface area contributed by atoms with E-state index in [-0.39, 0.29) is 11.6 Å². The highest BCUT2D eigenvalue weighted by Gasteiger charge is 2.13. The summed E-state index contributed by atoms with van der Waals surface area (Å²) in [6.07, 6.45) is 0. The summed E-state index contributed by atoms with van der Waals surface area (Å²) in [6.45, 7) is 1.94. The highest BCUT2D eigenvalue weighted by molar-refractivity contribution is 7.71. The molecule has 5 heteroatoms. The molecule has 0 radical (unpaired) electrons. The fraction of sp³-hybridized carbons (Fsp3) is 0.125. The average Bonchev–Trinajstić information content (AvgIpc) is 2.47. The topological polar surface area (TPSA) is 37.8 Å². The molecular weight excluding hydrogens is 304 g/mol. The summed E-state index contributed by atoms with van der Waals surface area (Å²) >= 11 is 11.4. The number of benzene rings is 2. The van der Waals surface area contributed by atoms with Crippen molar-refractivity contribution in [3.8, 4) is 0 Å². The van der Waals surface area contributed by atoms with Crippen LogP contribution in [0.4, 0.5) is 0 Å². The van der Waals surface area contributed by atoms with Crippen LogP contribution in [0.15, 0.2) is 53.3 Å². The van der Waals surface area contributed by atoms with Crippen molar-refractivity contribution in [1.29, 1.82) is 0 Å². The van der Waals surface area contributed by atoms with Gasteiger partial charge < -0.3 is 4.98 Å². The Labute approximate surface area is 131 Å². The summed E-state index contributed by atoms with van der Waals surface area (Å²) in [6, 6.07) is 14.6. The molecule has 0 bridgehead atoms. The predicted molar refractivity (Wildman–Crippen MR) is 88.7 cm³/mol. The minimum atomic E-state index is -0.190. The largest absolute Gasteiger partial charge is 0.332 e. The van der Waals surface area contributed by atoms with Gasteiger partial charge in [-0.3, -0.25) is 9.36 Å². The van der Waals surface area contributed by atoms with Crippen LogP contribution in [0.3, 0.4) is 0 Å². The maximum atomic E-state index is 12.7. The van der Waals surface area contributed by atoms with Gasteiger partial charge >= 0.3 is 0 Å². The number of hydrogen-bond acceptors (Lipinski definition) is 2. The molecule has 1 aromatic heterocycles. The van der Waals surface area contributed by atoms with E-state index < -0.39 is 0 Å². The van der Waals surface area contributed by atoms with Crippen LogP contribution in [0.1, 0.15) is 18.5 Å². The Morgan fingerprint density at radius 3 is 2.71 bits per heavy atom. The normalized spacial score (nSPS) is 12.5. The molecule has 0 aliphatic heterocycles. The zero-order chi connectivity index (χ0) is 15.0. The number of rotatable bonds is 2. The van der Waals surface area contributed by atoms with Crippen LogP contribution in [0.2, 0.25) is 5.02 Å². The van der Waals surface area contributed by atoms with Gasteiger partial charge in [-0.05, 0) is 49.0 Å². The van der Waals surface area contributed by atoms with Gasteiger partial charge in [0.15, 0.2) is 4.77 Å². The SMILES string of the molecule is CC(c1cccc(Cl)c1)n1c(=S)[nH]c2ccccc2c1=O. The number of para-hydroxylation sites is 1. The molecular formula is C16H13ClN2OS. The molecule has 1 unspecified atom stereocenters. The Kier molecular flexibility index (Phi) is 3.66. The second-order valence-electron chi connectivity index (χ2n) is 4.88. The number of H-pyrrole nitrogens is 1. The van der Waals surface area contributed by atoms with Gasteiger partial charge in [-0.1, -0.05) is 35.9 Å². The zero-order valence-corrected chi connectivity index (χ0v) is 12.9. The molecule has 0 aliphatic carbocycles. The van der Waals surface area contributed by atoms with Crippen LogP contribution in [-0.2, 0) is 0 Å². The van der Waals surface area contributed by atoms with E-state index in [1.54, 1.807) is 10.6 Å². The summed E-state index contributed by atoms with van der Waals surface area (Å²) < 4.78 is 2.00. The number of hydrogen-bond donors (Lipinski definition) is 1. The number of nitrogens with one attached hydrogen (secondary N) is 1. The third kappa shape index (κ3) is 2.52. The van der Waals surface area contributed by atoms with Crippen LogP contribution in [-0.4, -0.2) is 9.55 Å². The van der Waals surface area contributed by atoms with Crippen LogP contribution < -0.4 is 5.56 Å². The number of halogens is 1. The molecule has 1 heterocycles. The van der Waals surface area contributed by atoms with Crippen molar-refractivity contribution in [1.82, 2.24) is 9.55 Å². The van der Waals surface area contributed by atoms with Crippen LogP contribution in [0, 0.1) is 4.77 Å². The lowest BCUT2D eigenvalue weighted by Gasteiger charge is -2.16. The van der Waals surface area contributed by atoms with Crippen molar-refractivity contribution in [2.24, 2.45) is 0 Å². The molecule has 2 aromatic carbocycles. The fourth-order valence-corrected chi connectivity index (χ4v) is 2.99. The predicted octanol–water partition coefficient (Wildman–Crippen LogP) is 4.32. The first kappa shape index (κ1) is 14.0. The van der Waals surface area contributed by atoms with E-state index in [1.165, 1.54) is 0 Å². The quantitative estimate of drug-likeness (QED) is 0.715. The van der Waals surface area contributed by atoms with Gasteiger partial charge in [0.25, 0.3) is 5.56 Å². The maximum Gasteiger partial charge on any atom is 0.262 e. The van der Waals surface area contributed by atoms with E-state index in [2.05, 4.69) is 4.98 Å². The molecule has 0 saturated heterocycles. The summed E-state index contributed by atoms with van der Waals surface area (Å²) in [5.41, 5.74) is 1.60. The lowest BCUT2D eigenvalue weighted by Crippen LogP contribution is -2.25. The summed E-state index contributed by atoms with van der Waals surface area (Å²) in [4.78, 5) is 15.8. The van der Waals surface area contributed by atoms with Crippen molar-refractivity contribution in [2.45, 2.75) is 13.0 Å². The number of aromatic nitrogens is 2. The molecule has 3 nitrogen and oxygen atoms in total. The molecule has 0 aliphatic rings. The third-order valence-corrected chi connectivity index (χ3v) is 4.09. The second-order valence-corrected chi connectivity index (χ2v) is 5.71. The first-order valence-corrected chi connectivity index (χ1v) is 7.35. The van der Waals surface area contributed by atoms with Crippen LogP contribution in [0.25, 0.3) is 10.9 Å². The third-order valence-electron chi connectivity index (χ3n) is 3.56. The highest BCUT2D eigenvalue weighted by atomic mass is 35.5. The van der Waals surface area contributed by atoms with Crippen molar-refractivity contribution >= 4 is 34.7 Å². The van der Waals surface area contributed by atoms with Crippen molar-refractivity contribution in [2.75, 3.05) is 0 Å². The van der Waals surface area contributed by atoms with E-state index in [1.807, 2.05) is 49.4 Å². The number of aromatic amines is 1. The minimum absolute atomic E-state index is 0.0955. The smallest absolute Gasteiger partial charge is 0.262 e. The molecule has 3 aromatic rings. The lowest BCUT2D eigenvalue weighted by molar-refractivity contribution is 0.600. The van der Waals surface area contributed by atoms with Gasteiger partial charge in [0, 0.05) is 5.02 Å². The zero-order valence-electron chi connectivity index (χ0n) is 11.3. The van der Waals surface area contributed by atoms with Crippen LogP contribution in [0.5, 0.6) is 0 Å². The van der Waals surface area contributed by atoms with Gasteiger partial charge in [-0.15, -0.1) is 0 Å². The standard InChI is InChI=1S/C16H13ClN2OS/c1-10(11-5-4-6-12(17)9-11)19-15(20)13-7-2-3-8-14(13)18-16(19)21/h2-10H,1H3,(H,18,21). The first-order chi connectivity index (χ1) is 10.1. The van der Waals surface area contributed by atoms with Gasteiger partial charge in [-0.25, -0.2) is 0 Å². The first-order valence-electron chi connectivity index (χ1n) is 6.57. The van der Waals surface area contributed by atoms with E-state index in [9.17, 15) is 4.79 Å². The Morgan fingerprint density at radius 1 is 1.19 bits per heavy atom. The molecule has 0 amide bonds. The highest BCUT2D eigenvalue weighted by Crippen LogP contribution is 2.21.